The molecule has 3 rings (SSSR count). The Kier molecular flexibility index (Phi) is 6.49. The van der Waals surface area contributed by atoms with Crippen LogP contribution in [-0.4, -0.2) is 27.1 Å². The number of carbonyl (C=O) groups is 2. The van der Waals surface area contributed by atoms with Crippen LogP contribution in [-0.2, 0) is 11.3 Å². The molecule has 0 bridgehead atoms. The fraction of sp³-hybridized carbons (Fsp3) is 0.263. The summed E-state index contributed by atoms with van der Waals surface area (Å²) in [6, 6.07) is 10.2. The number of fused-ring (bicyclic) bond motifs is 1. The molecule has 0 unspecified atom stereocenters. The molecule has 0 spiro atoms. The van der Waals surface area contributed by atoms with Gasteiger partial charge in [-0.1, -0.05) is 37.2 Å². The van der Waals surface area contributed by atoms with Crippen LogP contribution in [0.15, 0.2) is 57.0 Å². The first-order valence-corrected chi connectivity index (χ1v) is 9.83. The van der Waals surface area contributed by atoms with Crippen LogP contribution in [0.4, 0.5) is 0 Å². The number of hydrazine groups is 1. The lowest BCUT2D eigenvalue weighted by molar-refractivity contribution is -0.119. The molecule has 2 heterocycles. The number of para-hydroxylation sites is 1. The van der Waals surface area contributed by atoms with Gasteiger partial charge in [-0.3, -0.25) is 29.8 Å². The molecule has 2 aromatic heterocycles. The summed E-state index contributed by atoms with van der Waals surface area (Å²) in [5, 5.41) is 1.03. The molecule has 1 aromatic carbocycles. The van der Waals surface area contributed by atoms with Crippen molar-refractivity contribution in [3.8, 4) is 0 Å². The van der Waals surface area contributed by atoms with Gasteiger partial charge in [0.25, 0.3) is 5.56 Å². The molecule has 2 N–H and O–H groups in total. The molecule has 0 aliphatic heterocycles. The van der Waals surface area contributed by atoms with Crippen LogP contribution >= 0.6 is 11.8 Å². The first kappa shape index (κ1) is 19.7. The van der Waals surface area contributed by atoms with Gasteiger partial charge in [-0.25, -0.2) is 4.98 Å². The Balaban J connectivity index is 1.69. The minimum atomic E-state index is -0.549. The highest BCUT2D eigenvalue weighted by molar-refractivity contribution is 7.99. The van der Waals surface area contributed by atoms with Crippen molar-refractivity contribution in [1.29, 1.82) is 0 Å². The SMILES string of the molecule is CCCCn1c(SCC(=O)NNC(=O)c2ccco2)nc2ccccc2c1=O. The average Bonchev–Trinajstić information content (AvgIpc) is 3.25. The summed E-state index contributed by atoms with van der Waals surface area (Å²) in [6.07, 6.45) is 3.13. The van der Waals surface area contributed by atoms with Crippen molar-refractivity contribution in [1.82, 2.24) is 20.4 Å². The largest absolute Gasteiger partial charge is 0.459 e. The van der Waals surface area contributed by atoms with Crippen molar-refractivity contribution < 1.29 is 14.0 Å². The van der Waals surface area contributed by atoms with Gasteiger partial charge < -0.3 is 4.42 Å². The second kappa shape index (κ2) is 9.23. The lowest BCUT2D eigenvalue weighted by Crippen LogP contribution is -2.42. The molecule has 2 amide bonds. The van der Waals surface area contributed by atoms with Gasteiger partial charge in [-0.05, 0) is 30.7 Å². The molecular formula is C19H20N4O4S. The predicted octanol–water partition coefficient (Wildman–Crippen LogP) is 2.34. The van der Waals surface area contributed by atoms with Crippen LogP contribution in [0, 0.1) is 0 Å². The second-order valence-electron chi connectivity index (χ2n) is 5.99. The highest BCUT2D eigenvalue weighted by atomic mass is 32.2. The minimum absolute atomic E-state index is 0.00462. The van der Waals surface area contributed by atoms with Gasteiger partial charge in [-0.15, -0.1) is 0 Å². The lowest BCUT2D eigenvalue weighted by Gasteiger charge is -2.12. The van der Waals surface area contributed by atoms with Crippen LogP contribution in [0.1, 0.15) is 30.3 Å². The van der Waals surface area contributed by atoms with E-state index in [-0.39, 0.29) is 17.1 Å². The molecule has 8 nitrogen and oxygen atoms in total. The number of benzene rings is 1. The number of carbonyl (C=O) groups excluding carboxylic acids is 2. The number of unbranched alkanes of at least 4 members (excludes halogenated alkanes) is 1. The number of nitrogens with zero attached hydrogens (tertiary/aromatic N) is 2. The van der Waals surface area contributed by atoms with Gasteiger partial charge in [0.15, 0.2) is 10.9 Å². The quantitative estimate of drug-likeness (QED) is 0.358. The Morgan fingerprint density at radius 1 is 1.18 bits per heavy atom. The van der Waals surface area contributed by atoms with Crippen molar-refractivity contribution in [2.75, 3.05) is 5.75 Å². The molecule has 0 radical (unpaired) electrons. The van der Waals surface area contributed by atoms with E-state index >= 15 is 0 Å². The standard InChI is InChI=1S/C19H20N4O4S/c1-2-3-10-23-18(26)13-7-4-5-8-14(13)20-19(23)28-12-16(24)21-22-17(25)15-9-6-11-27-15/h4-9,11H,2-3,10,12H2,1H3,(H,21,24)(H,22,25). The summed E-state index contributed by atoms with van der Waals surface area (Å²) in [4.78, 5) is 41.2. The minimum Gasteiger partial charge on any atom is -0.459 e. The normalized spacial score (nSPS) is 10.8. The van der Waals surface area contributed by atoms with Crippen molar-refractivity contribution in [2.24, 2.45) is 0 Å². The van der Waals surface area contributed by atoms with Gasteiger partial charge in [-0.2, -0.15) is 0 Å². The van der Waals surface area contributed by atoms with Crippen molar-refractivity contribution >= 4 is 34.5 Å². The Morgan fingerprint density at radius 2 is 2.00 bits per heavy atom. The smallest absolute Gasteiger partial charge is 0.305 e. The monoisotopic (exact) mass is 400 g/mol. The molecule has 0 atom stereocenters. The molecule has 3 aromatic rings. The molecule has 0 aliphatic carbocycles. The van der Waals surface area contributed by atoms with Crippen molar-refractivity contribution in [3.63, 3.8) is 0 Å². The third-order valence-electron chi connectivity index (χ3n) is 3.95. The molecule has 0 saturated heterocycles. The third-order valence-corrected chi connectivity index (χ3v) is 4.93. The Bertz CT molecular complexity index is 1030. The molecule has 146 valence electrons. The van der Waals surface area contributed by atoms with Crippen molar-refractivity contribution in [2.45, 2.75) is 31.5 Å². The Labute approximate surface area is 165 Å². The number of furan rings is 1. The number of rotatable bonds is 7. The first-order chi connectivity index (χ1) is 13.6. The van der Waals surface area contributed by atoms with Crippen LogP contribution in [0.25, 0.3) is 10.9 Å². The summed E-state index contributed by atoms with van der Waals surface area (Å²) < 4.78 is 6.55. The number of amides is 2. The second-order valence-corrected chi connectivity index (χ2v) is 6.93. The highest BCUT2D eigenvalue weighted by Crippen LogP contribution is 2.18. The zero-order valence-corrected chi connectivity index (χ0v) is 16.1. The molecule has 9 heteroatoms. The van der Waals surface area contributed by atoms with E-state index < -0.39 is 11.8 Å². The third kappa shape index (κ3) is 4.61. The maximum atomic E-state index is 12.8. The number of aromatic nitrogens is 2. The van der Waals surface area contributed by atoms with Gasteiger partial charge in [0.1, 0.15) is 0 Å². The summed E-state index contributed by atoms with van der Waals surface area (Å²) in [5.74, 6) is -0.881. The van der Waals surface area contributed by atoms with Gasteiger partial charge in [0.05, 0.1) is 22.9 Å². The number of hydrogen-bond acceptors (Lipinski definition) is 6. The number of thioether (sulfide) groups is 1. The maximum absolute atomic E-state index is 12.8. The number of hydrogen-bond donors (Lipinski definition) is 2. The molecule has 0 saturated carbocycles. The first-order valence-electron chi connectivity index (χ1n) is 8.85. The summed E-state index contributed by atoms with van der Waals surface area (Å²) in [6.45, 7) is 2.58. The maximum Gasteiger partial charge on any atom is 0.305 e. The van der Waals surface area contributed by atoms with Crippen LogP contribution in [0.5, 0.6) is 0 Å². The van der Waals surface area contributed by atoms with E-state index in [2.05, 4.69) is 15.8 Å². The summed E-state index contributed by atoms with van der Waals surface area (Å²) in [5.41, 5.74) is 5.07. The van der Waals surface area contributed by atoms with E-state index in [1.54, 1.807) is 28.8 Å². The van der Waals surface area contributed by atoms with Crippen LogP contribution < -0.4 is 16.4 Å². The van der Waals surface area contributed by atoms with Crippen molar-refractivity contribution in [3.05, 3.63) is 58.8 Å². The van der Waals surface area contributed by atoms with Crippen LogP contribution in [0.2, 0.25) is 0 Å². The molecule has 0 aliphatic rings. The molecular weight excluding hydrogens is 380 g/mol. The lowest BCUT2D eigenvalue weighted by atomic mass is 10.2. The average molecular weight is 400 g/mol. The van der Waals surface area contributed by atoms with E-state index in [1.165, 1.54) is 12.3 Å². The van der Waals surface area contributed by atoms with Gasteiger partial charge in [0, 0.05) is 6.54 Å². The van der Waals surface area contributed by atoms with E-state index in [9.17, 15) is 14.4 Å². The van der Waals surface area contributed by atoms with Crippen LogP contribution in [0.3, 0.4) is 0 Å². The topological polar surface area (TPSA) is 106 Å². The predicted molar refractivity (Wildman–Crippen MR) is 106 cm³/mol. The molecule has 28 heavy (non-hydrogen) atoms. The van der Waals surface area contributed by atoms with E-state index in [0.717, 1.165) is 24.6 Å². The van der Waals surface area contributed by atoms with E-state index in [1.807, 2.05) is 13.0 Å². The Hall–Kier alpha value is -3.07. The fourth-order valence-electron chi connectivity index (χ4n) is 2.53. The Morgan fingerprint density at radius 3 is 2.75 bits per heavy atom. The fourth-order valence-corrected chi connectivity index (χ4v) is 3.36. The zero-order chi connectivity index (χ0) is 19.9. The molecule has 0 fully saturated rings. The van der Waals surface area contributed by atoms with Gasteiger partial charge in [0.2, 0.25) is 5.91 Å². The van der Waals surface area contributed by atoms with Gasteiger partial charge >= 0.3 is 5.91 Å². The summed E-state index contributed by atoms with van der Waals surface area (Å²) in [7, 11) is 0. The van der Waals surface area contributed by atoms with E-state index in [0.29, 0.717) is 22.6 Å². The van der Waals surface area contributed by atoms with E-state index in [4.69, 9.17) is 4.42 Å². The summed E-state index contributed by atoms with van der Waals surface area (Å²) >= 11 is 1.15. The number of nitrogens with one attached hydrogen (secondary N) is 2. The highest BCUT2D eigenvalue weighted by Gasteiger charge is 2.14. The zero-order valence-electron chi connectivity index (χ0n) is 15.3.